The van der Waals surface area contributed by atoms with Crippen LogP contribution in [0.15, 0.2) is 30.3 Å². The monoisotopic (exact) mass is 218 g/mol. The molecule has 2 aliphatic rings. The van der Waals surface area contributed by atoms with Crippen LogP contribution in [0.4, 0.5) is 0 Å². The Morgan fingerprint density at radius 2 is 2.06 bits per heavy atom. The summed E-state index contributed by atoms with van der Waals surface area (Å²) in [5.74, 6) is 0.0883. The number of carbonyl (C=O) groups excluding carboxylic acids is 1. The van der Waals surface area contributed by atoms with Gasteiger partial charge >= 0.3 is 0 Å². The third-order valence-corrected chi connectivity index (χ3v) is 3.12. The first kappa shape index (κ1) is 9.81. The van der Waals surface area contributed by atoms with Crippen LogP contribution in [0.2, 0.25) is 0 Å². The molecule has 1 aromatic rings. The van der Waals surface area contributed by atoms with E-state index in [1.165, 1.54) is 5.06 Å². The van der Waals surface area contributed by atoms with Crippen molar-refractivity contribution in [2.75, 3.05) is 13.1 Å². The Morgan fingerprint density at radius 1 is 1.31 bits per heavy atom. The van der Waals surface area contributed by atoms with Crippen molar-refractivity contribution in [3.63, 3.8) is 0 Å². The highest BCUT2D eigenvalue weighted by Crippen LogP contribution is 2.31. The first-order valence-corrected chi connectivity index (χ1v) is 5.52. The maximum absolute atomic E-state index is 11.8. The normalized spacial score (nSPS) is 22.5. The van der Waals surface area contributed by atoms with Gasteiger partial charge < -0.3 is 5.32 Å². The Morgan fingerprint density at radius 3 is 2.62 bits per heavy atom. The van der Waals surface area contributed by atoms with Crippen LogP contribution < -0.4 is 5.32 Å². The van der Waals surface area contributed by atoms with Gasteiger partial charge in [-0.05, 0) is 5.56 Å². The Balaban J connectivity index is 1.70. The summed E-state index contributed by atoms with van der Waals surface area (Å²) < 4.78 is 0. The zero-order valence-corrected chi connectivity index (χ0v) is 8.98. The van der Waals surface area contributed by atoms with Crippen molar-refractivity contribution >= 4 is 5.91 Å². The molecule has 1 aromatic carbocycles. The minimum absolute atomic E-state index is 0.0883. The zero-order valence-electron chi connectivity index (χ0n) is 8.98. The van der Waals surface area contributed by atoms with Crippen molar-refractivity contribution in [3.05, 3.63) is 35.9 Å². The number of rotatable bonds is 2. The van der Waals surface area contributed by atoms with E-state index in [9.17, 15) is 4.79 Å². The number of amides is 1. The standard InChI is InChI=1S/C12H14N2O2/c15-11-6-12(8-13-9-12)16-14(11)7-10-4-2-1-3-5-10/h1-5,13H,6-9H2. The van der Waals surface area contributed by atoms with Crippen molar-refractivity contribution in [3.8, 4) is 0 Å². The van der Waals surface area contributed by atoms with Gasteiger partial charge in [0, 0.05) is 13.1 Å². The smallest absolute Gasteiger partial charge is 0.249 e. The molecule has 2 aliphatic heterocycles. The van der Waals surface area contributed by atoms with Gasteiger partial charge in [0.15, 0.2) is 0 Å². The lowest BCUT2D eigenvalue weighted by atomic mass is 9.94. The molecule has 0 aromatic heterocycles. The highest BCUT2D eigenvalue weighted by molar-refractivity contribution is 5.78. The molecule has 2 fully saturated rings. The average Bonchev–Trinajstić information content (AvgIpc) is 2.58. The van der Waals surface area contributed by atoms with Crippen LogP contribution in [0.5, 0.6) is 0 Å². The molecule has 1 spiro atoms. The number of benzene rings is 1. The second-order valence-corrected chi connectivity index (χ2v) is 4.47. The van der Waals surface area contributed by atoms with Crippen LogP contribution in [-0.4, -0.2) is 29.7 Å². The fourth-order valence-corrected chi connectivity index (χ4v) is 2.14. The average molecular weight is 218 g/mol. The Labute approximate surface area is 94.1 Å². The fourth-order valence-electron chi connectivity index (χ4n) is 2.14. The van der Waals surface area contributed by atoms with Crippen LogP contribution in [0.3, 0.4) is 0 Å². The van der Waals surface area contributed by atoms with E-state index in [4.69, 9.17) is 4.84 Å². The summed E-state index contributed by atoms with van der Waals surface area (Å²) in [6.07, 6.45) is 0.507. The van der Waals surface area contributed by atoms with E-state index in [1.807, 2.05) is 30.3 Å². The Bertz CT molecular complexity index is 401. The summed E-state index contributed by atoms with van der Waals surface area (Å²) in [5, 5.41) is 4.64. The lowest BCUT2D eigenvalue weighted by molar-refractivity contribution is -0.215. The molecule has 84 valence electrons. The lowest BCUT2D eigenvalue weighted by Gasteiger charge is -2.36. The van der Waals surface area contributed by atoms with Gasteiger partial charge in [0.25, 0.3) is 0 Å². The number of nitrogens with one attached hydrogen (secondary N) is 1. The second kappa shape index (κ2) is 3.57. The van der Waals surface area contributed by atoms with Gasteiger partial charge in [0.05, 0.1) is 13.0 Å². The van der Waals surface area contributed by atoms with Crippen molar-refractivity contribution in [2.45, 2.75) is 18.6 Å². The van der Waals surface area contributed by atoms with Crippen LogP contribution in [0.25, 0.3) is 0 Å². The van der Waals surface area contributed by atoms with E-state index < -0.39 is 0 Å². The third-order valence-electron chi connectivity index (χ3n) is 3.12. The van der Waals surface area contributed by atoms with Gasteiger partial charge in [0.1, 0.15) is 5.60 Å². The van der Waals surface area contributed by atoms with Gasteiger partial charge in [-0.1, -0.05) is 30.3 Å². The zero-order chi connectivity index (χ0) is 11.0. The molecule has 2 heterocycles. The van der Waals surface area contributed by atoms with E-state index >= 15 is 0 Å². The minimum atomic E-state index is -0.244. The predicted molar refractivity (Wildman–Crippen MR) is 58.3 cm³/mol. The SMILES string of the molecule is O=C1CC2(CNC2)ON1Cc1ccccc1. The fraction of sp³-hybridized carbons (Fsp3) is 0.417. The second-order valence-electron chi connectivity index (χ2n) is 4.47. The highest BCUT2D eigenvalue weighted by Gasteiger charge is 2.49. The summed E-state index contributed by atoms with van der Waals surface area (Å²) in [6.45, 7) is 2.11. The molecule has 0 bridgehead atoms. The molecule has 1 N–H and O–H groups in total. The Kier molecular flexibility index (Phi) is 2.19. The van der Waals surface area contributed by atoms with Crippen molar-refractivity contribution < 1.29 is 9.63 Å². The Hall–Kier alpha value is -1.39. The molecule has 2 saturated heterocycles. The van der Waals surface area contributed by atoms with Crippen LogP contribution >= 0.6 is 0 Å². The molecular weight excluding hydrogens is 204 g/mol. The van der Waals surface area contributed by atoms with Crippen molar-refractivity contribution in [2.24, 2.45) is 0 Å². The summed E-state index contributed by atoms with van der Waals surface area (Å²) in [7, 11) is 0. The molecule has 0 radical (unpaired) electrons. The van der Waals surface area contributed by atoms with Crippen molar-refractivity contribution in [1.82, 2.24) is 10.4 Å². The molecule has 4 heteroatoms. The highest BCUT2D eigenvalue weighted by atomic mass is 16.7. The van der Waals surface area contributed by atoms with Crippen LogP contribution in [-0.2, 0) is 16.2 Å². The quantitative estimate of drug-likeness (QED) is 0.794. The summed E-state index contributed by atoms with van der Waals surface area (Å²) in [4.78, 5) is 17.5. The van der Waals surface area contributed by atoms with Crippen molar-refractivity contribution in [1.29, 1.82) is 0 Å². The van der Waals surface area contributed by atoms with Gasteiger partial charge in [-0.2, -0.15) is 0 Å². The van der Waals surface area contributed by atoms with Gasteiger partial charge in [-0.25, -0.2) is 5.06 Å². The maximum atomic E-state index is 11.8. The maximum Gasteiger partial charge on any atom is 0.249 e. The first-order valence-electron chi connectivity index (χ1n) is 5.52. The third kappa shape index (κ3) is 1.60. The van der Waals surface area contributed by atoms with Gasteiger partial charge in [-0.15, -0.1) is 0 Å². The van der Waals surface area contributed by atoms with E-state index in [0.717, 1.165) is 18.7 Å². The van der Waals surface area contributed by atoms with E-state index in [-0.39, 0.29) is 11.5 Å². The van der Waals surface area contributed by atoms with Crippen LogP contribution in [0.1, 0.15) is 12.0 Å². The van der Waals surface area contributed by atoms with E-state index in [0.29, 0.717) is 13.0 Å². The molecule has 0 saturated carbocycles. The summed E-state index contributed by atoms with van der Waals surface area (Å²) >= 11 is 0. The van der Waals surface area contributed by atoms with Gasteiger partial charge in [-0.3, -0.25) is 9.63 Å². The first-order chi connectivity index (χ1) is 7.77. The van der Waals surface area contributed by atoms with E-state index in [1.54, 1.807) is 0 Å². The molecule has 3 rings (SSSR count). The van der Waals surface area contributed by atoms with Gasteiger partial charge in [0.2, 0.25) is 5.91 Å². The summed E-state index contributed by atoms with van der Waals surface area (Å²) in [5.41, 5.74) is 0.853. The number of hydrogen-bond acceptors (Lipinski definition) is 3. The number of hydroxylamine groups is 2. The molecule has 0 unspecified atom stereocenters. The number of carbonyl (C=O) groups is 1. The number of hydrogen-bond donors (Lipinski definition) is 1. The molecule has 1 amide bonds. The largest absolute Gasteiger partial charge is 0.311 e. The molecule has 4 nitrogen and oxygen atoms in total. The number of nitrogens with zero attached hydrogens (tertiary/aromatic N) is 1. The predicted octanol–water partition coefficient (Wildman–Crippen LogP) is 0.692. The van der Waals surface area contributed by atoms with E-state index in [2.05, 4.69) is 5.32 Å². The molecular formula is C12H14N2O2. The van der Waals surface area contributed by atoms with Crippen LogP contribution in [0, 0.1) is 0 Å². The lowest BCUT2D eigenvalue weighted by Crippen LogP contribution is -2.59. The molecule has 16 heavy (non-hydrogen) atoms. The summed E-state index contributed by atoms with van der Waals surface area (Å²) in [6, 6.07) is 9.90. The molecule has 0 aliphatic carbocycles. The molecule has 0 atom stereocenters. The minimum Gasteiger partial charge on any atom is -0.311 e. The topological polar surface area (TPSA) is 41.6 Å².